The quantitative estimate of drug-likeness (QED) is 0.604. The highest BCUT2D eigenvalue weighted by atomic mass is 32.2. The lowest BCUT2D eigenvalue weighted by Crippen LogP contribution is -2.50. The van der Waals surface area contributed by atoms with E-state index in [2.05, 4.69) is 22.2 Å². The van der Waals surface area contributed by atoms with Gasteiger partial charge in [0.2, 0.25) is 21.8 Å². The second kappa shape index (κ2) is 8.87. The van der Waals surface area contributed by atoms with Crippen molar-refractivity contribution in [3.05, 3.63) is 53.7 Å². The van der Waals surface area contributed by atoms with Gasteiger partial charge >= 0.3 is 0 Å². The fourth-order valence-corrected chi connectivity index (χ4v) is 6.20. The van der Waals surface area contributed by atoms with Gasteiger partial charge in [-0.2, -0.15) is 4.72 Å². The zero-order valence-corrected chi connectivity index (χ0v) is 19.2. The van der Waals surface area contributed by atoms with E-state index in [0.29, 0.717) is 5.92 Å². The molecule has 5 rings (SSSR count). The third-order valence-electron chi connectivity index (χ3n) is 6.87. The Morgan fingerprint density at radius 1 is 1.09 bits per heavy atom. The van der Waals surface area contributed by atoms with Crippen molar-refractivity contribution in [3.8, 4) is 0 Å². The van der Waals surface area contributed by atoms with Gasteiger partial charge in [0, 0.05) is 18.3 Å². The highest BCUT2D eigenvalue weighted by Crippen LogP contribution is 2.37. The summed E-state index contributed by atoms with van der Waals surface area (Å²) in [5, 5.41) is 3.36. The number of amides is 2. The molecule has 0 bridgehead atoms. The summed E-state index contributed by atoms with van der Waals surface area (Å²) < 4.78 is 27.5. The molecule has 9 heteroatoms. The van der Waals surface area contributed by atoms with Crippen molar-refractivity contribution in [2.45, 2.75) is 61.9 Å². The molecule has 1 unspecified atom stereocenters. The largest absolute Gasteiger partial charge is 0.370 e. The molecule has 3 heterocycles. The van der Waals surface area contributed by atoms with Gasteiger partial charge in [0.15, 0.2) is 0 Å². The molecule has 1 atom stereocenters. The summed E-state index contributed by atoms with van der Waals surface area (Å²) in [7, 11) is -3.86. The Labute approximate surface area is 193 Å². The standard InChI is InChI=1S/C24H28N4O4S/c29-22-15-21(27-33(31,32)20-6-2-1-3-7-20)24(30)28(22)19-13-16(14-19)8-10-18-11-9-17-5-4-12-25-23(17)26-18/h1-3,6-7,9,11,16,19,21,27H,4-5,8,10,12-15H2,(H,25,26). The van der Waals surface area contributed by atoms with Crippen LogP contribution in [-0.2, 0) is 32.5 Å². The van der Waals surface area contributed by atoms with Gasteiger partial charge in [-0.05, 0) is 68.2 Å². The summed E-state index contributed by atoms with van der Waals surface area (Å²) in [5.41, 5.74) is 2.34. The molecule has 2 fully saturated rings. The molecule has 1 saturated carbocycles. The highest BCUT2D eigenvalue weighted by Gasteiger charge is 2.47. The number of imide groups is 1. The van der Waals surface area contributed by atoms with Gasteiger partial charge in [-0.1, -0.05) is 24.3 Å². The van der Waals surface area contributed by atoms with Gasteiger partial charge < -0.3 is 5.32 Å². The number of hydrogen-bond acceptors (Lipinski definition) is 6. The number of nitrogens with one attached hydrogen (secondary N) is 2. The number of aryl methyl sites for hydroxylation is 2. The van der Waals surface area contributed by atoms with Gasteiger partial charge in [-0.3, -0.25) is 14.5 Å². The second-order valence-corrected chi connectivity index (χ2v) is 10.9. The number of carbonyl (C=O) groups excluding carboxylic acids is 2. The first-order valence-electron chi connectivity index (χ1n) is 11.6. The number of nitrogens with zero attached hydrogens (tertiary/aromatic N) is 2. The normalized spacial score (nSPS) is 24.8. The first-order valence-corrected chi connectivity index (χ1v) is 13.0. The fraction of sp³-hybridized carbons (Fsp3) is 0.458. The molecule has 8 nitrogen and oxygen atoms in total. The van der Waals surface area contributed by atoms with Crippen LogP contribution < -0.4 is 10.0 Å². The Kier molecular flexibility index (Phi) is 5.92. The molecule has 1 aromatic carbocycles. The molecule has 33 heavy (non-hydrogen) atoms. The summed E-state index contributed by atoms with van der Waals surface area (Å²) in [6, 6.07) is 11.0. The summed E-state index contributed by atoms with van der Waals surface area (Å²) >= 11 is 0. The van der Waals surface area contributed by atoms with E-state index in [1.165, 1.54) is 22.6 Å². The number of likely N-dealkylation sites (tertiary alicyclic amines) is 1. The van der Waals surface area contributed by atoms with E-state index < -0.39 is 22.0 Å². The predicted molar refractivity (Wildman–Crippen MR) is 123 cm³/mol. The van der Waals surface area contributed by atoms with Gasteiger partial charge in [-0.25, -0.2) is 13.4 Å². The zero-order chi connectivity index (χ0) is 23.0. The first-order chi connectivity index (χ1) is 15.9. The lowest BCUT2D eigenvalue weighted by Gasteiger charge is -2.40. The Morgan fingerprint density at radius 3 is 2.67 bits per heavy atom. The SMILES string of the molecule is O=C1CC(NS(=O)(=O)c2ccccc2)C(=O)N1C1CC(CCc2ccc3c(n2)NCCC3)C1. The average molecular weight is 469 g/mol. The minimum atomic E-state index is -3.86. The van der Waals surface area contributed by atoms with Crippen molar-refractivity contribution in [2.75, 3.05) is 11.9 Å². The molecule has 2 amide bonds. The van der Waals surface area contributed by atoms with Crippen molar-refractivity contribution in [2.24, 2.45) is 5.92 Å². The van der Waals surface area contributed by atoms with Crippen molar-refractivity contribution in [1.29, 1.82) is 0 Å². The van der Waals surface area contributed by atoms with Crippen LogP contribution in [0.15, 0.2) is 47.4 Å². The first kappa shape index (κ1) is 22.0. The van der Waals surface area contributed by atoms with Gasteiger partial charge in [0.25, 0.3) is 0 Å². The molecule has 2 aromatic rings. The van der Waals surface area contributed by atoms with E-state index in [9.17, 15) is 18.0 Å². The van der Waals surface area contributed by atoms with Crippen molar-refractivity contribution < 1.29 is 18.0 Å². The lowest BCUT2D eigenvalue weighted by molar-refractivity contribution is -0.144. The Hall–Kier alpha value is -2.78. The van der Waals surface area contributed by atoms with Crippen LogP contribution in [0.2, 0.25) is 0 Å². The number of fused-ring (bicyclic) bond motifs is 1. The molecular formula is C24H28N4O4S. The maximum absolute atomic E-state index is 12.8. The maximum atomic E-state index is 12.8. The number of benzene rings is 1. The second-order valence-electron chi connectivity index (χ2n) is 9.16. The number of sulfonamides is 1. The minimum Gasteiger partial charge on any atom is -0.370 e. The molecule has 0 radical (unpaired) electrons. The summed E-state index contributed by atoms with van der Waals surface area (Å²) in [6.45, 7) is 0.966. The number of aromatic nitrogens is 1. The smallest absolute Gasteiger partial charge is 0.248 e. The van der Waals surface area contributed by atoms with Crippen LogP contribution in [0, 0.1) is 5.92 Å². The van der Waals surface area contributed by atoms with Gasteiger partial charge in [0.1, 0.15) is 11.9 Å². The summed E-state index contributed by atoms with van der Waals surface area (Å²) in [5.74, 6) is 0.695. The molecule has 174 valence electrons. The van der Waals surface area contributed by atoms with Crippen LogP contribution in [0.5, 0.6) is 0 Å². The van der Waals surface area contributed by atoms with Crippen LogP contribution in [-0.4, -0.2) is 48.7 Å². The fourth-order valence-electron chi connectivity index (χ4n) is 4.99. The Bertz CT molecular complexity index is 1160. The zero-order valence-electron chi connectivity index (χ0n) is 18.4. The van der Waals surface area contributed by atoms with E-state index in [0.717, 1.165) is 56.6 Å². The molecule has 3 aliphatic rings. The van der Waals surface area contributed by atoms with E-state index >= 15 is 0 Å². The van der Waals surface area contributed by atoms with Crippen LogP contribution in [0.1, 0.15) is 43.4 Å². The average Bonchev–Trinajstić information content (AvgIpc) is 3.05. The number of carbonyl (C=O) groups is 2. The minimum absolute atomic E-state index is 0.0818. The topological polar surface area (TPSA) is 108 Å². The molecule has 2 aliphatic heterocycles. The van der Waals surface area contributed by atoms with Crippen molar-refractivity contribution in [1.82, 2.24) is 14.6 Å². The predicted octanol–water partition coefficient (Wildman–Crippen LogP) is 2.26. The van der Waals surface area contributed by atoms with Crippen LogP contribution >= 0.6 is 0 Å². The van der Waals surface area contributed by atoms with E-state index in [4.69, 9.17) is 4.98 Å². The summed E-state index contributed by atoms with van der Waals surface area (Å²) in [6.07, 6.45) is 5.44. The number of pyridine rings is 1. The Morgan fingerprint density at radius 2 is 1.88 bits per heavy atom. The maximum Gasteiger partial charge on any atom is 0.248 e. The van der Waals surface area contributed by atoms with Crippen LogP contribution in [0.3, 0.4) is 0 Å². The Balaban J connectivity index is 1.14. The van der Waals surface area contributed by atoms with Crippen molar-refractivity contribution in [3.63, 3.8) is 0 Å². The van der Waals surface area contributed by atoms with E-state index in [-0.39, 0.29) is 23.3 Å². The summed E-state index contributed by atoms with van der Waals surface area (Å²) in [4.78, 5) is 31.5. The van der Waals surface area contributed by atoms with E-state index in [1.807, 2.05) is 0 Å². The van der Waals surface area contributed by atoms with Crippen LogP contribution in [0.4, 0.5) is 5.82 Å². The molecule has 1 aromatic heterocycles. The van der Waals surface area contributed by atoms with Gasteiger partial charge in [0.05, 0.1) is 11.3 Å². The number of hydrogen-bond donors (Lipinski definition) is 2. The molecule has 1 saturated heterocycles. The van der Waals surface area contributed by atoms with Gasteiger partial charge in [-0.15, -0.1) is 0 Å². The number of rotatable bonds is 7. The number of anilines is 1. The highest BCUT2D eigenvalue weighted by molar-refractivity contribution is 7.89. The lowest BCUT2D eigenvalue weighted by atomic mass is 9.76. The molecular weight excluding hydrogens is 440 g/mol. The van der Waals surface area contributed by atoms with Crippen molar-refractivity contribution >= 4 is 27.7 Å². The van der Waals surface area contributed by atoms with E-state index in [1.54, 1.807) is 18.2 Å². The molecule has 1 aliphatic carbocycles. The third-order valence-corrected chi connectivity index (χ3v) is 8.36. The third kappa shape index (κ3) is 4.52. The van der Waals surface area contributed by atoms with Crippen LogP contribution in [0.25, 0.3) is 0 Å². The molecule has 2 N–H and O–H groups in total. The monoisotopic (exact) mass is 468 g/mol. The molecule has 0 spiro atoms.